The number of halogens is 2. The van der Waals surface area contributed by atoms with Gasteiger partial charge in [0.1, 0.15) is 11.6 Å². The highest BCUT2D eigenvalue weighted by Gasteiger charge is 2.10. The first-order chi connectivity index (χ1) is 9.51. The molecule has 0 aliphatic carbocycles. The van der Waals surface area contributed by atoms with E-state index < -0.39 is 5.82 Å². The van der Waals surface area contributed by atoms with Gasteiger partial charge in [-0.2, -0.15) is 0 Å². The molecule has 0 bridgehead atoms. The molecule has 0 saturated carbocycles. The first kappa shape index (κ1) is 14.3. The van der Waals surface area contributed by atoms with E-state index in [0.717, 1.165) is 11.6 Å². The Morgan fingerprint density at radius 3 is 2.55 bits per heavy atom. The maximum absolute atomic E-state index is 13.8. The van der Waals surface area contributed by atoms with Crippen molar-refractivity contribution >= 4 is 17.5 Å². The lowest BCUT2D eigenvalue weighted by molar-refractivity contribution is -0.119. The SMILES string of the molecule is CNC(=O)Cc1ccc(-c2cc(Cl)c(O)cc2F)cc1. The summed E-state index contributed by atoms with van der Waals surface area (Å²) in [5.74, 6) is -0.924. The molecule has 5 heteroatoms. The molecule has 0 unspecified atom stereocenters. The zero-order valence-corrected chi connectivity index (χ0v) is 11.5. The van der Waals surface area contributed by atoms with E-state index >= 15 is 0 Å². The molecule has 0 fully saturated rings. The molecule has 0 radical (unpaired) electrons. The van der Waals surface area contributed by atoms with Crippen LogP contribution in [0.15, 0.2) is 36.4 Å². The summed E-state index contributed by atoms with van der Waals surface area (Å²) in [6.45, 7) is 0. The summed E-state index contributed by atoms with van der Waals surface area (Å²) in [7, 11) is 1.57. The maximum Gasteiger partial charge on any atom is 0.224 e. The zero-order valence-electron chi connectivity index (χ0n) is 10.8. The maximum atomic E-state index is 13.8. The second-order valence-corrected chi connectivity index (χ2v) is 4.74. The van der Waals surface area contributed by atoms with Crippen LogP contribution in [0.1, 0.15) is 5.56 Å². The Hall–Kier alpha value is -2.07. The first-order valence-corrected chi connectivity index (χ1v) is 6.37. The number of rotatable bonds is 3. The summed E-state index contributed by atoms with van der Waals surface area (Å²) in [6, 6.07) is 9.29. The van der Waals surface area contributed by atoms with Crippen molar-refractivity contribution in [3.05, 3.63) is 52.8 Å². The molecule has 2 aromatic carbocycles. The van der Waals surface area contributed by atoms with Crippen LogP contribution in [-0.4, -0.2) is 18.1 Å². The average Bonchev–Trinajstić information content (AvgIpc) is 2.44. The van der Waals surface area contributed by atoms with Crippen LogP contribution in [0.2, 0.25) is 5.02 Å². The van der Waals surface area contributed by atoms with Crippen molar-refractivity contribution in [2.45, 2.75) is 6.42 Å². The van der Waals surface area contributed by atoms with Gasteiger partial charge in [0.05, 0.1) is 11.4 Å². The van der Waals surface area contributed by atoms with Crippen LogP contribution in [0.3, 0.4) is 0 Å². The lowest BCUT2D eigenvalue weighted by atomic mass is 10.0. The number of phenols is 1. The number of nitrogens with one attached hydrogen (secondary N) is 1. The Bertz CT molecular complexity index is 641. The number of likely N-dealkylation sites (N-methyl/N-ethyl adjacent to an activating group) is 1. The third-order valence-corrected chi connectivity index (χ3v) is 3.25. The van der Waals surface area contributed by atoms with Gasteiger partial charge in [0, 0.05) is 18.7 Å². The van der Waals surface area contributed by atoms with Gasteiger partial charge in [-0.1, -0.05) is 35.9 Å². The Kier molecular flexibility index (Phi) is 4.25. The predicted molar refractivity (Wildman–Crippen MR) is 76.3 cm³/mol. The number of carbonyl (C=O) groups is 1. The lowest BCUT2D eigenvalue weighted by Gasteiger charge is -2.07. The third kappa shape index (κ3) is 3.08. The molecule has 2 rings (SSSR count). The second kappa shape index (κ2) is 5.92. The molecule has 2 aromatic rings. The number of hydrogen-bond donors (Lipinski definition) is 2. The van der Waals surface area contributed by atoms with Gasteiger partial charge < -0.3 is 10.4 Å². The number of phenolic OH excluding ortho intramolecular Hbond substituents is 1. The molecular formula is C15H13ClFNO2. The normalized spacial score (nSPS) is 10.3. The van der Waals surface area contributed by atoms with Crippen molar-refractivity contribution in [2.75, 3.05) is 7.05 Å². The lowest BCUT2D eigenvalue weighted by Crippen LogP contribution is -2.19. The van der Waals surface area contributed by atoms with Crippen molar-refractivity contribution in [1.82, 2.24) is 5.32 Å². The molecule has 0 aliphatic heterocycles. The van der Waals surface area contributed by atoms with E-state index in [9.17, 15) is 14.3 Å². The molecule has 20 heavy (non-hydrogen) atoms. The molecule has 2 N–H and O–H groups in total. The Morgan fingerprint density at radius 1 is 1.30 bits per heavy atom. The number of aromatic hydroxyl groups is 1. The quantitative estimate of drug-likeness (QED) is 0.913. The summed E-state index contributed by atoms with van der Waals surface area (Å²) in [4.78, 5) is 11.3. The van der Waals surface area contributed by atoms with Crippen LogP contribution in [-0.2, 0) is 11.2 Å². The van der Waals surface area contributed by atoms with Gasteiger partial charge in [-0.15, -0.1) is 0 Å². The zero-order chi connectivity index (χ0) is 14.7. The van der Waals surface area contributed by atoms with E-state index in [-0.39, 0.29) is 23.1 Å². The van der Waals surface area contributed by atoms with Crippen LogP contribution in [0.4, 0.5) is 4.39 Å². The highest BCUT2D eigenvalue weighted by molar-refractivity contribution is 6.32. The molecule has 0 heterocycles. The van der Waals surface area contributed by atoms with Gasteiger partial charge in [0.25, 0.3) is 0 Å². The van der Waals surface area contributed by atoms with Crippen molar-refractivity contribution in [3.63, 3.8) is 0 Å². The molecule has 1 amide bonds. The van der Waals surface area contributed by atoms with Crippen LogP contribution >= 0.6 is 11.6 Å². The van der Waals surface area contributed by atoms with Crippen molar-refractivity contribution in [1.29, 1.82) is 0 Å². The van der Waals surface area contributed by atoms with E-state index in [1.165, 1.54) is 6.07 Å². The Balaban J connectivity index is 2.30. The highest BCUT2D eigenvalue weighted by atomic mass is 35.5. The summed E-state index contributed by atoms with van der Waals surface area (Å²) >= 11 is 5.79. The predicted octanol–water partition coefficient (Wildman–Crippen LogP) is 3.14. The summed E-state index contributed by atoms with van der Waals surface area (Å²) in [6.07, 6.45) is 0.273. The fraction of sp³-hybridized carbons (Fsp3) is 0.133. The Labute approximate surface area is 121 Å². The molecule has 0 saturated heterocycles. The van der Waals surface area contributed by atoms with E-state index in [0.29, 0.717) is 11.1 Å². The van der Waals surface area contributed by atoms with Gasteiger partial charge in [-0.25, -0.2) is 4.39 Å². The van der Waals surface area contributed by atoms with Gasteiger partial charge in [-0.05, 0) is 17.2 Å². The van der Waals surface area contributed by atoms with E-state index in [4.69, 9.17) is 11.6 Å². The minimum Gasteiger partial charge on any atom is -0.506 e. The third-order valence-electron chi connectivity index (χ3n) is 2.94. The fourth-order valence-corrected chi connectivity index (χ4v) is 2.00. The molecular weight excluding hydrogens is 281 g/mol. The smallest absolute Gasteiger partial charge is 0.224 e. The summed E-state index contributed by atoms with van der Waals surface area (Å²) in [5, 5.41) is 12.0. The van der Waals surface area contributed by atoms with E-state index in [1.54, 1.807) is 31.3 Å². The topological polar surface area (TPSA) is 49.3 Å². The Morgan fingerprint density at radius 2 is 1.95 bits per heavy atom. The van der Waals surface area contributed by atoms with Crippen molar-refractivity contribution in [2.24, 2.45) is 0 Å². The van der Waals surface area contributed by atoms with Gasteiger partial charge in [-0.3, -0.25) is 4.79 Å². The van der Waals surface area contributed by atoms with Crippen molar-refractivity contribution < 1.29 is 14.3 Å². The molecule has 0 spiro atoms. The van der Waals surface area contributed by atoms with Gasteiger partial charge in [0.15, 0.2) is 0 Å². The highest BCUT2D eigenvalue weighted by Crippen LogP contribution is 2.32. The van der Waals surface area contributed by atoms with E-state index in [1.807, 2.05) is 0 Å². The number of carbonyl (C=O) groups excluding carboxylic acids is 1. The fourth-order valence-electron chi connectivity index (χ4n) is 1.83. The monoisotopic (exact) mass is 293 g/mol. The molecule has 3 nitrogen and oxygen atoms in total. The summed E-state index contributed by atoms with van der Waals surface area (Å²) in [5.41, 5.74) is 1.77. The summed E-state index contributed by atoms with van der Waals surface area (Å²) < 4.78 is 13.8. The number of hydrogen-bond acceptors (Lipinski definition) is 2. The molecule has 0 atom stereocenters. The van der Waals surface area contributed by atoms with Crippen LogP contribution in [0, 0.1) is 5.82 Å². The first-order valence-electron chi connectivity index (χ1n) is 5.99. The van der Waals surface area contributed by atoms with Gasteiger partial charge in [0.2, 0.25) is 5.91 Å². The molecule has 0 aromatic heterocycles. The molecule has 104 valence electrons. The molecule has 0 aliphatic rings. The number of benzene rings is 2. The minimum absolute atomic E-state index is 0.0865. The van der Waals surface area contributed by atoms with Crippen LogP contribution < -0.4 is 5.32 Å². The largest absolute Gasteiger partial charge is 0.506 e. The van der Waals surface area contributed by atoms with E-state index in [2.05, 4.69) is 5.32 Å². The second-order valence-electron chi connectivity index (χ2n) is 4.33. The minimum atomic E-state index is -0.550. The standard InChI is InChI=1S/C15H13ClFNO2/c1-18-15(20)6-9-2-4-10(5-3-9)11-7-12(16)14(19)8-13(11)17/h2-5,7-8,19H,6H2,1H3,(H,18,20). The number of amides is 1. The van der Waals surface area contributed by atoms with Crippen molar-refractivity contribution in [3.8, 4) is 16.9 Å². The average molecular weight is 294 g/mol. The van der Waals surface area contributed by atoms with Crippen LogP contribution in [0.25, 0.3) is 11.1 Å². The van der Waals surface area contributed by atoms with Crippen LogP contribution in [0.5, 0.6) is 5.75 Å². The van der Waals surface area contributed by atoms with Gasteiger partial charge >= 0.3 is 0 Å².